The van der Waals surface area contributed by atoms with E-state index in [1.54, 1.807) is 0 Å². The second-order valence-electron chi connectivity index (χ2n) is 6.65. The summed E-state index contributed by atoms with van der Waals surface area (Å²) < 4.78 is 79.0. The number of hydrogen-bond donors (Lipinski definition) is 7. The van der Waals surface area contributed by atoms with Gasteiger partial charge in [-0.1, -0.05) is 0 Å². The molecule has 2 unspecified atom stereocenters. The van der Waals surface area contributed by atoms with Gasteiger partial charge in [-0.05, 0) is 0 Å². The van der Waals surface area contributed by atoms with Gasteiger partial charge in [-0.3, -0.25) is 9.09 Å². The Labute approximate surface area is 186 Å². The fraction of sp³-hybridized carbons (Fsp3) is 0.545. The first-order valence-corrected chi connectivity index (χ1v) is 13.0. The average molecular weight is 557 g/mol. The normalized spacial score (nSPS) is 29.4. The molecule has 0 radical (unpaired) electrons. The Kier molecular flexibility index (Phi) is 7.31. The Morgan fingerprint density at radius 3 is 2.35 bits per heavy atom. The van der Waals surface area contributed by atoms with Crippen LogP contribution in [0.5, 0.6) is 0 Å². The predicted molar refractivity (Wildman–Crippen MR) is 100 cm³/mol. The molecule has 2 aromatic rings. The topological polar surface area (TPSA) is 279 Å². The van der Waals surface area contributed by atoms with Gasteiger partial charge in [0, 0.05) is 0 Å². The van der Waals surface area contributed by atoms with Gasteiger partial charge in [-0.15, -0.1) is 0 Å². The number of alkyl halides is 2. The van der Waals surface area contributed by atoms with Crippen LogP contribution < -0.4 is 5.73 Å². The van der Waals surface area contributed by atoms with Crippen molar-refractivity contribution in [2.24, 2.45) is 0 Å². The molecular formula is C11H16F2N5O13P3. The zero-order chi connectivity index (χ0) is 25.7. The van der Waals surface area contributed by atoms with Crippen LogP contribution in [0.25, 0.3) is 11.2 Å². The summed E-state index contributed by atoms with van der Waals surface area (Å²) in [5, 5.41) is 20.6. The van der Waals surface area contributed by atoms with Gasteiger partial charge >= 0.3 is 23.5 Å². The molecule has 3 rings (SSSR count). The Hall–Kier alpha value is -1.50. The molecule has 23 heteroatoms. The van der Waals surface area contributed by atoms with Crippen molar-refractivity contribution in [2.45, 2.75) is 30.5 Å². The van der Waals surface area contributed by atoms with E-state index in [-0.39, 0.29) is 17.0 Å². The number of nitrogens with two attached hydrogens (primary N) is 1. The lowest BCUT2D eigenvalue weighted by Gasteiger charge is -2.31. The maximum absolute atomic E-state index is 14.0. The fourth-order valence-corrected chi connectivity index (χ4v) is 5.99. The summed E-state index contributed by atoms with van der Waals surface area (Å²) in [7, 11) is -17.5. The van der Waals surface area contributed by atoms with E-state index < -0.39 is 60.5 Å². The van der Waals surface area contributed by atoms with E-state index in [0.29, 0.717) is 0 Å². The van der Waals surface area contributed by atoms with Gasteiger partial charge in [0.2, 0.25) is 0 Å². The first-order valence-electron chi connectivity index (χ1n) is 8.51. The number of imidazole rings is 1. The zero-order valence-electron chi connectivity index (χ0n) is 16.2. The number of hydrogen-bond acceptors (Lipinski definition) is 13. The lowest BCUT2D eigenvalue weighted by Crippen LogP contribution is -2.52. The van der Waals surface area contributed by atoms with Crippen LogP contribution in [0.15, 0.2) is 12.7 Å². The smallest absolute Gasteiger partial charge is 0.387 e. The molecule has 1 aliphatic rings. The zero-order valence-corrected chi connectivity index (χ0v) is 18.9. The quantitative estimate of drug-likeness (QED) is 0.182. The minimum Gasteiger partial charge on any atom is -0.387 e. The number of nitrogen functional groups attached to an aromatic ring is 1. The average Bonchev–Trinajstić information content (AvgIpc) is 3.19. The molecule has 8 N–H and O–H groups in total. The molecule has 0 aromatic carbocycles. The maximum atomic E-state index is 14.0. The minimum atomic E-state index is -5.93. The van der Waals surface area contributed by atoms with Crippen LogP contribution in [-0.2, 0) is 31.6 Å². The van der Waals surface area contributed by atoms with Crippen LogP contribution in [0.4, 0.5) is 14.6 Å². The fourth-order valence-electron chi connectivity index (χ4n) is 2.94. The van der Waals surface area contributed by atoms with Crippen LogP contribution in [0.2, 0.25) is 0 Å². The summed E-state index contributed by atoms with van der Waals surface area (Å²) >= 11 is 0. The van der Waals surface area contributed by atoms with Gasteiger partial charge in [0.05, 0.1) is 12.9 Å². The molecule has 3 heterocycles. The monoisotopic (exact) mass is 557 g/mol. The molecule has 1 saturated heterocycles. The molecule has 192 valence electrons. The van der Waals surface area contributed by atoms with Crippen molar-refractivity contribution in [3.8, 4) is 0 Å². The number of aliphatic hydroxyl groups is 2. The third-order valence-corrected chi connectivity index (χ3v) is 8.14. The molecule has 1 aliphatic heterocycles. The highest BCUT2D eigenvalue weighted by atomic mass is 31.3. The van der Waals surface area contributed by atoms with Crippen molar-refractivity contribution in [3.05, 3.63) is 12.7 Å². The number of nitrogens with zero attached hydrogens (tertiary/aromatic N) is 4. The van der Waals surface area contributed by atoms with E-state index in [0.717, 1.165) is 17.2 Å². The first-order chi connectivity index (χ1) is 15.5. The van der Waals surface area contributed by atoms with Crippen molar-refractivity contribution in [2.75, 3.05) is 12.3 Å². The summed E-state index contributed by atoms with van der Waals surface area (Å²) in [6.45, 7) is -1.73. The highest BCUT2D eigenvalue weighted by Gasteiger charge is 2.62. The number of phosphoric acid groups is 3. The van der Waals surface area contributed by atoms with Gasteiger partial charge < -0.3 is 40.3 Å². The molecule has 0 amide bonds. The van der Waals surface area contributed by atoms with Crippen molar-refractivity contribution in [1.82, 2.24) is 19.5 Å². The number of phosphoric ester groups is 1. The standard InChI is InChI=1S/C11H16F2N5O13P3/c12-10(13)11(1-28-33(24,25)31-34(26,27)30-32(21,22)23)6(20)5(19)9(29-11)18-3-17-4-7(14)15-2-16-8(4)18/h2-3,5-6,9-10,19-20H,1H2,(H,24,25)(H,26,27)(H2,14,15,16)(H2,21,22,23)/t5-,6+,9-,11-/m1/s1. The van der Waals surface area contributed by atoms with Crippen molar-refractivity contribution < 1.29 is 70.1 Å². The van der Waals surface area contributed by atoms with Gasteiger partial charge in [-0.25, -0.2) is 37.4 Å². The Morgan fingerprint density at radius 1 is 1.12 bits per heavy atom. The molecule has 1 fully saturated rings. The van der Waals surface area contributed by atoms with Crippen LogP contribution in [0, 0.1) is 0 Å². The first kappa shape index (κ1) is 27.1. The molecule has 0 spiro atoms. The van der Waals surface area contributed by atoms with E-state index >= 15 is 0 Å². The highest BCUT2D eigenvalue weighted by molar-refractivity contribution is 7.66. The molecular weight excluding hydrogens is 541 g/mol. The van der Waals surface area contributed by atoms with Crippen LogP contribution in [0.1, 0.15) is 6.23 Å². The number of aromatic nitrogens is 4. The highest BCUT2D eigenvalue weighted by Crippen LogP contribution is 2.66. The molecule has 0 bridgehead atoms. The van der Waals surface area contributed by atoms with Gasteiger partial charge in [-0.2, -0.15) is 8.62 Å². The summed E-state index contributed by atoms with van der Waals surface area (Å²) in [4.78, 5) is 47.0. The molecule has 0 aliphatic carbocycles. The lowest BCUT2D eigenvalue weighted by atomic mass is 9.96. The second kappa shape index (κ2) is 9.18. The Balaban J connectivity index is 1.85. The molecule has 18 nitrogen and oxygen atoms in total. The second-order valence-corrected chi connectivity index (χ2v) is 11.1. The molecule has 6 atom stereocenters. The summed E-state index contributed by atoms with van der Waals surface area (Å²) in [6, 6.07) is 0. The molecule has 34 heavy (non-hydrogen) atoms. The number of fused-ring (bicyclic) bond motifs is 1. The van der Waals surface area contributed by atoms with E-state index in [2.05, 4.69) is 28.1 Å². The van der Waals surface area contributed by atoms with Crippen molar-refractivity contribution in [3.63, 3.8) is 0 Å². The van der Waals surface area contributed by atoms with Gasteiger partial charge in [0.25, 0.3) is 6.43 Å². The summed E-state index contributed by atoms with van der Waals surface area (Å²) in [6.07, 6.45) is -8.16. The lowest BCUT2D eigenvalue weighted by molar-refractivity contribution is -0.192. The van der Waals surface area contributed by atoms with Crippen molar-refractivity contribution in [1.29, 1.82) is 0 Å². The van der Waals surface area contributed by atoms with Gasteiger partial charge in [0.1, 0.15) is 24.1 Å². The third kappa shape index (κ3) is 5.50. The summed E-state index contributed by atoms with van der Waals surface area (Å²) in [5.41, 5.74) is 2.30. The number of rotatable bonds is 9. The Bertz CT molecular complexity index is 1210. The van der Waals surface area contributed by atoms with E-state index in [4.69, 9.17) is 25.2 Å². The van der Waals surface area contributed by atoms with E-state index in [1.807, 2.05) is 0 Å². The number of aliphatic hydroxyl groups excluding tert-OH is 2. The molecule has 2 aromatic heterocycles. The predicted octanol–water partition coefficient (Wildman–Crippen LogP) is -0.994. The minimum absolute atomic E-state index is 0.00407. The largest absolute Gasteiger partial charge is 0.490 e. The van der Waals surface area contributed by atoms with Crippen LogP contribution in [-0.4, -0.2) is 80.1 Å². The maximum Gasteiger partial charge on any atom is 0.490 e. The number of anilines is 1. The van der Waals surface area contributed by atoms with Crippen LogP contribution in [0.3, 0.4) is 0 Å². The SMILES string of the molecule is Nc1ncnc2c1ncn2[C@@H]1O[C@@](COP(=O)(O)OP(=O)(O)OP(=O)(O)O)(C(F)F)[C@@H](O)[C@H]1O. The van der Waals surface area contributed by atoms with E-state index in [9.17, 15) is 37.6 Å². The number of halogens is 2. The van der Waals surface area contributed by atoms with Crippen LogP contribution >= 0.6 is 23.5 Å². The summed E-state index contributed by atoms with van der Waals surface area (Å²) in [5.74, 6) is -0.107. The van der Waals surface area contributed by atoms with Gasteiger partial charge in [0.15, 0.2) is 23.3 Å². The number of ether oxygens (including phenoxy) is 1. The third-order valence-electron chi connectivity index (χ3n) is 4.36. The molecule has 0 saturated carbocycles. The van der Waals surface area contributed by atoms with Crippen molar-refractivity contribution >= 4 is 40.4 Å². The van der Waals surface area contributed by atoms with E-state index in [1.165, 1.54) is 0 Å². The Morgan fingerprint density at radius 2 is 1.76 bits per heavy atom.